The molecule has 1 aliphatic carbocycles. The summed E-state index contributed by atoms with van der Waals surface area (Å²) in [6.07, 6.45) is 10.1. The molecule has 22 heavy (non-hydrogen) atoms. The van der Waals surface area contributed by atoms with Crippen LogP contribution in [0.1, 0.15) is 44.1 Å². The maximum atomic E-state index is 12.3. The van der Waals surface area contributed by atoms with E-state index in [1.54, 1.807) is 11.0 Å². The second-order valence-corrected chi connectivity index (χ2v) is 6.01. The number of hydrogen-bond acceptors (Lipinski definition) is 3. The van der Waals surface area contributed by atoms with E-state index in [2.05, 4.69) is 15.4 Å². The number of amides is 1. The SMILES string of the molecule is O=C(CC1CCCCC1)Nc1ccccc1Cn1cncn1. The molecule has 0 spiro atoms. The third kappa shape index (κ3) is 3.93. The van der Waals surface area contributed by atoms with E-state index in [0.29, 0.717) is 18.9 Å². The zero-order chi connectivity index (χ0) is 15.2. The standard InChI is InChI=1S/C17H22N4O/c22-17(10-14-6-2-1-3-7-14)20-16-9-5-4-8-15(16)11-21-13-18-12-19-21/h4-5,8-9,12-14H,1-3,6-7,10-11H2,(H,20,22). The zero-order valence-electron chi connectivity index (χ0n) is 12.7. The number of anilines is 1. The molecule has 0 atom stereocenters. The summed E-state index contributed by atoms with van der Waals surface area (Å²) in [6, 6.07) is 7.88. The first-order valence-electron chi connectivity index (χ1n) is 8.01. The monoisotopic (exact) mass is 298 g/mol. The van der Waals surface area contributed by atoms with Crippen LogP contribution < -0.4 is 5.32 Å². The first-order valence-corrected chi connectivity index (χ1v) is 8.01. The van der Waals surface area contributed by atoms with Crippen LogP contribution in [-0.2, 0) is 11.3 Å². The number of benzene rings is 1. The van der Waals surface area contributed by atoms with E-state index in [4.69, 9.17) is 0 Å². The number of nitrogens with zero attached hydrogens (tertiary/aromatic N) is 3. The van der Waals surface area contributed by atoms with Crippen molar-refractivity contribution in [3.63, 3.8) is 0 Å². The number of hydrogen-bond donors (Lipinski definition) is 1. The van der Waals surface area contributed by atoms with Crippen LogP contribution in [0.5, 0.6) is 0 Å². The zero-order valence-corrected chi connectivity index (χ0v) is 12.7. The van der Waals surface area contributed by atoms with E-state index < -0.39 is 0 Å². The van der Waals surface area contributed by atoms with Gasteiger partial charge >= 0.3 is 0 Å². The summed E-state index contributed by atoms with van der Waals surface area (Å²) < 4.78 is 1.76. The van der Waals surface area contributed by atoms with Crippen LogP contribution in [0, 0.1) is 5.92 Å². The van der Waals surface area contributed by atoms with Crippen molar-refractivity contribution in [1.82, 2.24) is 14.8 Å². The highest BCUT2D eigenvalue weighted by Crippen LogP contribution is 2.27. The minimum Gasteiger partial charge on any atom is -0.326 e. The topological polar surface area (TPSA) is 59.8 Å². The predicted molar refractivity (Wildman–Crippen MR) is 85.4 cm³/mol. The van der Waals surface area contributed by atoms with Gasteiger partial charge in [-0.15, -0.1) is 0 Å². The maximum Gasteiger partial charge on any atom is 0.224 e. The summed E-state index contributed by atoms with van der Waals surface area (Å²) in [7, 11) is 0. The van der Waals surface area contributed by atoms with Crippen LogP contribution in [-0.4, -0.2) is 20.7 Å². The second-order valence-electron chi connectivity index (χ2n) is 6.01. The van der Waals surface area contributed by atoms with Gasteiger partial charge in [0, 0.05) is 12.1 Å². The van der Waals surface area contributed by atoms with E-state index >= 15 is 0 Å². The molecule has 1 aromatic carbocycles. The van der Waals surface area contributed by atoms with Crippen molar-refractivity contribution in [1.29, 1.82) is 0 Å². The third-order valence-electron chi connectivity index (χ3n) is 4.29. The Hall–Kier alpha value is -2.17. The molecule has 1 saturated carbocycles. The van der Waals surface area contributed by atoms with Crippen molar-refractivity contribution in [2.24, 2.45) is 5.92 Å². The van der Waals surface area contributed by atoms with Crippen molar-refractivity contribution in [2.45, 2.75) is 45.1 Å². The van der Waals surface area contributed by atoms with Gasteiger partial charge in [0.05, 0.1) is 6.54 Å². The highest BCUT2D eigenvalue weighted by molar-refractivity contribution is 5.91. The lowest BCUT2D eigenvalue weighted by Crippen LogP contribution is -2.19. The molecule has 3 rings (SSSR count). The molecule has 5 heteroatoms. The van der Waals surface area contributed by atoms with Gasteiger partial charge in [0.2, 0.25) is 5.91 Å². The lowest BCUT2D eigenvalue weighted by atomic mass is 9.87. The fourth-order valence-corrected chi connectivity index (χ4v) is 3.12. The molecule has 5 nitrogen and oxygen atoms in total. The van der Waals surface area contributed by atoms with Crippen LogP contribution in [0.2, 0.25) is 0 Å². The Balaban J connectivity index is 1.62. The largest absolute Gasteiger partial charge is 0.326 e. The van der Waals surface area contributed by atoms with Gasteiger partial charge in [-0.3, -0.25) is 4.79 Å². The molecule has 116 valence electrons. The minimum absolute atomic E-state index is 0.123. The maximum absolute atomic E-state index is 12.3. The Morgan fingerprint density at radius 3 is 2.82 bits per heavy atom. The molecule has 0 saturated heterocycles. The van der Waals surface area contributed by atoms with Crippen LogP contribution in [0.3, 0.4) is 0 Å². The molecule has 1 amide bonds. The van der Waals surface area contributed by atoms with Crippen LogP contribution in [0.4, 0.5) is 5.69 Å². The lowest BCUT2D eigenvalue weighted by Gasteiger charge is -2.21. The molecule has 0 radical (unpaired) electrons. The van der Waals surface area contributed by atoms with Gasteiger partial charge in [-0.25, -0.2) is 9.67 Å². The molecule has 2 aromatic rings. The van der Waals surface area contributed by atoms with Crippen LogP contribution in [0.15, 0.2) is 36.9 Å². The van der Waals surface area contributed by atoms with Gasteiger partial charge in [-0.05, 0) is 30.4 Å². The van der Waals surface area contributed by atoms with Crippen molar-refractivity contribution >= 4 is 11.6 Å². The Bertz CT molecular complexity index is 603. The number of rotatable bonds is 5. The van der Waals surface area contributed by atoms with Gasteiger partial charge in [-0.2, -0.15) is 5.10 Å². The molecule has 0 unspecified atom stereocenters. The van der Waals surface area contributed by atoms with Gasteiger partial charge in [-0.1, -0.05) is 37.5 Å². The molecule has 0 aliphatic heterocycles. The average Bonchev–Trinajstić information content (AvgIpc) is 3.03. The Morgan fingerprint density at radius 1 is 1.23 bits per heavy atom. The lowest BCUT2D eigenvalue weighted by molar-refractivity contribution is -0.117. The van der Waals surface area contributed by atoms with Gasteiger partial charge in [0.1, 0.15) is 12.7 Å². The number of aromatic nitrogens is 3. The molecular formula is C17H22N4O. The van der Waals surface area contributed by atoms with Crippen molar-refractivity contribution in [3.8, 4) is 0 Å². The van der Waals surface area contributed by atoms with Gasteiger partial charge in [0.25, 0.3) is 0 Å². The highest BCUT2D eigenvalue weighted by Gasteiger charge is 2.17. The van der Waals surface area contributed by atoms with Crippen molar-refractivity contribution in [3.05, 3.63) is 42.5 Å². The van der Waals surface area contributed by atoms with Gasteiger partial charge < -0.3 is 5.32 Å². The van der Waals surface area contributed by atoms with Crippen LogP contribution >= 0.6 is 0 Å². The summed E-state index contributed by atoms with van der Waals surface area (Å²) >= 11 is 0. The van der Waals surface area contributed by atoms with E-state index in [0.717, 1.165) is 11.3 Å². The third-order valence-corrected chi connectivity index (χ3v) is 4.29. The Kier molecular flexibility index (Phi) is 4.83. The summed E-state index contributed by atoms with van der Waals surface area (Å²) in [5.41, 5.74) is 1.92. The number of carbonyl (C=O) groups is 1. The molecular weight excluding hydrogens is 276 g/mol. The second kappa shape index (κ2) is 7.20. The summed E-state index contributed by atoms with van der Waals surface area (Å²) in [5, 5.41) is 7.19. The van der Waals surface area contributed by atoms with E-state index in [-0.39, 0.29) is 5.91 Å². The van der Waals surface area contributed by atoms with Crippen molar-refractivity contribution in [2.75, 3.05) is 5.32 Å². The number of carbonyl (C=O) groups excluding carboxylic acids is 1. The molecule has 1 aromatic heterocycles. The average molecular weight is 298 g/mol. The number of nitrogens with one attached hydrogen (secondary N) is 1. The minimum atomic E-state index is 0.123. The van der Waals surface area contributed by atoms with Crippen LogP contribution in [0.25, 0.3) is 0 Å². The molecule has 1 heterocycles. The van der Waals surface area contributed by atoms with Gasteiger partial charge in [0.15, 0.2) is 0 Å². The highest BCUT2D eigenvalue weighted by atomic mass is 16.1. The summed E-state index contributed by atoms with van der Waals surface area (Å²) in [5.74, 6) is 0.675. The molecule has 1 fully saturated rings. The fourth-order valence-electron chi connectivity index (χ4n) is 3.12. The Labute approximate surface area is 130 Å². The molecule has 0 bridgehead atoms. The van der Waals surface area contributed by atoms with Crippen molar-refractivity contribution < 1.29 is 4.79 Å². The normalized spacial score (nSPS) is 15.6. The predicted octanol–water partition coefficient (Wildman–Crippen LogP) is 3.24. The molecule has 1 N–H and O–H groups in total. The summed E-state index contributed by atoms with van der Waals surface area (Å²) in [4.78, 5) is 16.2. The molecule has 1 aliphatic rings. The van der Waals surface area contributed by atoms with E-state index in [1.165, 1.54) is 38.4 Å². The smallest absolute Gasteiger partial charge is 0.224 e. The summed E-state index contributed by atoms with van der Waals surface area (Å²) in [6.45, 7) is 0.611. The number of para-hydroxylation sites is 1. The first-order chi connectivity index (χ1) is 10.8. The Morgan fingerprint density at radius 2 is 2.05 bits per heavy atom. The van der Waals surface area contributed by atoms with E-state index in [1.807, 2.05) is 24.3 Å². The fraction of sp³-hybridized carbons (Fsp3) is 0.471. The quantitative estimate of drug-likeness (QED) is 0.922. The van der Waals surface area contributed by atoms with E-state index in [9.17, 15) is 4.79 Å². The first kappa shape index (κ1) is 14.8.